The number of ether oxygens (including phenoxy) is 1. The van der Waals surface area contributed by atoms with Gasteiger partial charge < -0.3 is 15.0 Å². The SMILES string of the molecule is Cc1cc(CCC(=O)N2CCC3(CCCCc4ccccc4OCCCC(=O)NC3)CC2)nc(C2CCN(S(C)(=O)=O)CC2)n1. The number of benzene rings is 1. The fourth-order valence-corrected chi connectivity index (χ4v) is 7.88. The molecule has 1 aromatic carbocycles. The van der Waals surface area contributed by atoms with E-state index in [1.165, 1.54) is 16.1 Å². The van der Waals surface area contributed by atoms with E-state index in [-0.39, 0.29) is 23.1 Å². The minimum atomic E-state index is -3.18. The number of para-hydroxylation sites is 1. The van der Waals surface area contributed by atoms with Crippen LogP contribution in [0.4, 0.5) is 0 Å². The second kappa shape index (κ2) is 15.0. The topological polar surface area (TPSA) is 122 Å². The second-order valence-corrected chi connectivity index (χ2v) is 15.2. The molecular weight excluding hydrogens is 590 g/mol. The highest BCUT2D eigenvalue weighted by Gasteiger charge is 2.36. The average Bonchev–Trinajstić information content (AvgIpc) is 3.03. The number of hydrogen-bond acceptors (Lipinski definition) is 7. The van der Waals surface area contributed by atoms with E-state index in [0.29, 0.717) is 77.9 Å². The van der Waals surface area contributed by atoms with Gasteiger partial charge in [-0.3, -0.25) is 9.59 Å². The van der Waals surface area contributed by atoms with Crippen molar-refractivity contribution in [3.05, 3.63) is 53.1 Å². The number of amides is 2. The van der Waals surface area contributed by atoms with E-state index in [9.17, 15) is 18.0 Å². The average molecular weight is 640 g/mol. The minimum absolute atomic E-state index is 0.0118. The van der Waals surface area contributed by atoms with Gasteiger partial charge in [-0.15, -0.1) is 0 Å². The first-order chi connectivity index (χ1) is 21.6. The van der Waals surface area contributed by atoms with Crippen molar-refractivity contribution in [3.63, 3.8) is 0 Å². The van der Waals surface area contributed by atoms with Crippen molar-refractivity contribution in [1.29, 1.82) is 0 Å². The van der Waals surface area contributed by atoms with Crippen LogP contribution >= 0.6 is 0 Å². The number of hydrogen-bond donors (Lipinski definition) is 1. The number of carbonyl (C=O) groups is 2. The summed E-state index contributed by atoms with van der Waals surface area (Å²) in [5.74, 6) is 2.03. The largest absolute Gasteiger partial charge is 0.493 e. The summed E-state index contributed by atoms with van der Waals surface area (Å²) >= 11 is 0. The van der Waals surface area contributed by atoms with Gasteiger partial charge in [0.1, 0.15) is 11.6 Å². The highest BCUT2D eigenvalue weighted by atomic mass is 32.2. The number of likely N-dealkylation sites (tertiary alicyclic amines) is 1. The molecule has 0 saturated carbocycles. The maximum absolute atomic E-state index is 13.3. The van der Waals surface area contributed by atoms with Crippen LogP contribution in [-0.2, 0) is 32.5 Å². The summed E-state index contributed by atoms with van der Waals surface area (Å²) in [6.07, 6.45) is 10.7. The Morgan fingerprint density at radius 1 is 1.02 bits per heavy atom. The number of sulfonamides is 1. The van der Waals surface area contributed by atoms with E-state index >= 15 is 0 Å². The maximum atomic E-state index is 13.3. The third-order valence-electron chi connectivity index (χ3n) is 9.83. The van der Waals surface area contributed by atoms with Crippen LogP contribution in [0.25, 0.3) is 0 Å². The van der Waals surface area contributed by atoms with Gasteiger partial charge in [-0.25, -0.2) is 22.7 Å². The van der Waals surface area contributed by atoms with Crippen LogP contribution in [-0.4, -0.2) is 85.0 Å². The molecule has 3 aliphatic rings. The summed E-state index contributed by atoms with van der Waals surface area (Å²) in [5, 5.41) is 3.21. The Morgan fingerprint density at radius 2 is 1.78 bits per heavy atom. The normalized spacial score (nSPS) is 20.9. The third-order valence-corrected chi connectivity index (χ3v) is 11.1. The second-order valence-electron chi connectivity index (χ2n) is 13.2. The van der Waals surface area contributed by atoms with Crippen molar-refractivity contribution in [2.75, 3.05) is 45.6 Å². The quantitative estimate of drug-likeness (QED) is 0.521. The summed E-state index contributed by atoms with van der Waals surface area (Å²) in [6, 6.07) is 10.2. The number of rotatable bonds is 5. The van der Waals surface area contributed by atoms with Gasteiger partial charge >= 0.3 is 0 Å². The van der Waals surface area contributed by atoms with E-state index in [0.717, 1.165) is 61.5 Å². The molecule has 11 heteroatoms. The molecule has 10 nitrogen and oxygen atoms in total. The fourth-order valence-electron chi connectivity index (χ4n) is 7.01. The van der Waals surface area contributed by atoms with Gasteiger partial charge in [-0.05, 0) is 87.8 Å². The Balaban J connectivity index is 1.14. The molecular formula is C34H49N5O5S. The Morgan fingerprint density at radius 3 is 2.53 bits per heavy atom. The number of fused-ring (bicyclic) bond motifs is 1. The molecule has 0 radical (unpaired) electrons. The predicted octanol–water partition coefficient (Wildman–Crippen LogP) is 4.17. The molecule has 0 aliphatic carbocycles. The summed E-state index contributed by atoms with van der Waals surface area (Å²) in [4.78, 5) is 37.4. The Kier molecular flexibility index (Phi) is 11.1. The molecule has 45 heavy (non-hydrogen) atoms. The Bertz CT molecular complexity index is 1430. The molecule has 246 valence electrons. The first-order valence-electron chi connectivity index (χ1n) is 16.7. The zero-order chi connectivity index (χ0) is 31.9. The summed E-state index contributed by atoms with van der Waals surface area (Å²) in [5.41, 5.74) is 2.99. The van der Waals surface area contributed by atoms with E-state index < -0.39 is 10.0 Å². The van der Waals surface area contributed by atoms with Gasteiger partial charge in [-0.2, -0.15) is 0 Å². The molecule has 2 fully saturated rings. The number of aryl methyl sites for hydroxylation is 3. The third kappa shape index (κ3) is 9.25. The standard InChI is InChI=1S/C34H49N5O5S/c1-26-24-29(37-33(36-26)28-14-19-39(20-15-28)45(2,42)43)12-13-32(41)38-21-17-34(18-22-38)16-6-5-9-27-8-3-4-10-30(27)44-23-7-11-31(40)35-25-34/h3-4,8,10,24,28H,5-7,9,11-23,25H2,1-2H3,(H,35,40). The fraction of sp³-hybridized carbons (Fsp3) is 0.647. The van der Waals surface area contributed by atoms with Gasteiger partial charge in [0.2, 0.25) is 21.8 Å². The lowest BCUT2D eigenvalue weighted by molar-refractivity contribution is -0.134. The number of nitrogens with one attached hydrogen (secondary N) is 1. The molecule has 1 N–H and O–H groups in total. The van der Waals surface area contributed by atoms with Crippen molar-refractivity contribution >= 4 is 21.8 Å². The zero-order valence-corrected chi connectivity index (χ0v) is 27.7. The number of nitrogens with zero attached hydrogens (tertiary/aromatic N) is 4. The molecule has 0 bridgehead atoms. The van der Waals surface area contributed by atoms with E-state index in [1.807, 2.05) is 30.0 Å². The highest BCUT2D eigenvalue weighted by molar-refractivity contribution is 7.88. The zero-order valence-electron chi connectivity index (χ0n) is 26.9. The van der Waals surface area contributed by atoms with Gasteiger partial charge in [-0.1, -0.05) is 24.6 Å². The number of piperidine rings is 2. The molecule has 5 rings (SSSR count). The summed E-state index contributed by atoms with van der Waals surface area (Å²) in [6.45, 7) is 5.53. The Hall–Kier alpha value is -3.05. The van der Waals surface area contributed by atoms with Crippen LogP contribution in [0, 0.1) is 12.3 Å². The lowest BCUT2D eigenvalue weighted by Gasteiger charge is -2.42. The van der Waals surface area contributed by atoms with Crippen molar-refractivity contribution < 1.29 is 22.7 Å². The van der Waals surface area contributed by atoms with Crippen LogP contribution in [0.5, 0.6) is 5.75 Å². The van der Waals surface area contributed by atoms with E-state index in [2.05, 4.69) is 22.4 Å². The monoisotopic (exact) mass is 639 g/mol. The van der Waals surface area contributed by atoms with Crippen molar-refractivity contribution in [3.8, 4) is 5.75 Å². The van der Waals surface area contributed by atoms with Crippen LogP contribution in [0.15, 0.2) is 30.3 Å². The summed E-state index contributed by atoms with van der Waals surface area (Å²) in [7, 11) is -3.18. The van der Waals surface area contributed by atoms with Gasteiger partial charge in [0.05, 0.1) is 12.9 Å². The molecule has 1 spiro atoms. The molecule has 2 amide bonds. The number of carbonyl (C=O) groups excluding carboxylic acids is 2. The molecule has 3 aliphatic heterocycles. The maximum Gasteiger partial charge on any atom is 0.222 e. The first-order valence-corrected chi connectivity index (χ1v) is 18.5. The highest BCUT2D eigenvalue weighted by Crippen LogP contribution is 2.37. The van der Waals surface area contributed by atoms with Crippen LogP contribution < -0.4 is 10.1 Å². The predicted molar refractivity (Wildman–Crippen MR) is 173 cm³/mol. The van der Waals surface area contributed by atoms with Gasteiger partial charge in [0.15, 0.2) is 0 Å². The lowest BCUT2D eigenvalue weighted by atomic mass is 9.74. The first kappa shape index (κ1) is 33.3. The minimum Gasteiger partial charge on any atom is -0.493 e. The molecule has 0 atom stereocenters. The smallest absolute Gasteiger partial charge is 0.222 e. The molecule has 2 aromatic rings. The molecule has 2 saturated heterocycles. The van der Waals surface area contributed by atoms with Crippen molar-refractivity contribution in [1.82, 2.24) is 24.5 Å². The Labute approximate surface area is 268 Å². The van der Waals surface area contributed by atoms with Crippen molar-refractivity contribution in [2.24, 2.45) is 5.41 Å². The molecule has 1 aromatic heterocycles. The van der Waals surface area contributed by atoms with Crippen LogP contribution in [0.1, 0.15) is 92.9 Å². The summed E-state index contributed by atoms with van der Waals surface area (Å²) < 4.78 is 31.3. The number of aromatic nitrogens is 2. The van der Waals surface area contributed by atoms with Gasteiger partial charge in [0, 0.05) is 62.9 Å². The van der Waals surface area contributed by atoms with Gasteiger partial charge in [0.25, 0.3) is 0 Å². The molecule has 0 unspecified atom stereocenters. The van der Waals surface area contributed by atoms with Crippen molar-refractivity contribution in [2.45, 2.75) is 89.9 Å². The molecule has 4 heterocycles. The van der Waals surface area contributed by atoms with Crippen LogP contribution in [0.2, 0.25) is 0 Å². The van der Waals surface area contributed by atoms with E-state index in [1.54, 1.807) is 0 Å². The van der Waals surface area contributed by atoms with Crippen LogP contribution in [0.3, 0.4) is 0 Å². The lowest BCUT2D eigenvalue weighted by Crippen LogP contribution is -2.48. The van der Waals surface area contributed by atoms with E-state index in [4.69, 9.17) is 9.72 Å².